The van der Waals surface area contributed by atoms with Gasteiger partial charge in [0, 0.05) is 19.6 Å². The third-order valence-corrected chi connectivity index (χ3v) is 3.02. The number of carbonyl (C=O) groups is 2. The second-order valence-electron chi connectivity index (χ2n) is 5.97. The SMILES string of the molecule is COC(=O)CCC(=O)NCCC(C)(C)OCCC(C)C. The minimum Gasteiger partial charge on any atom is -0.469 e. The molecule has 0 aliphatic carbocycles. The lowest BCUT2D eigenvalue weighted by Gasteiger charge is -2.26. The standard InChI is InChI=1S/C15H29NO4/c1-12(2)8-11-20-15(3,4)9-10-16-13(17)6-7-14(18)19-5/h12H,6-11H2,1-5H3,(H,16,17). The predicted molar refractivity (Wildman–Crippen MR) is 78.4 cm³/mol. The van der Waals surface area contributed by atoms with E-state index in [9.17, 15) is 9.59 Å². The maximum atomic E-state index is 11.5. The van der Waals surface area contributed by atoms with Crippen LogP contribution in [0.3, 0.4) is 0 Å². The lowest BCUT2D eigenvalue weighted by atomic mass is 10.0. The van der Waals surface area contributed by atoms with Crippen LogP contribution in [-0.2, 0) is 19.1 Å². The van der Waals surface area contributed by atoms with Crippen LogP contribution in [0.5, 0.6) is 0 Å². The highest BCUT2D eigenvalue weighted by Gasteiger charge is 2.18. The van der Waals surface area contributed by atoms with Crippen molar-refractivity contribution >= 4 is 11.9 Å². The molecule has 0 fully saturated rings. The van der Waals surface area contributed by atoms with E-state index in [1.165, 1.54) is 7.11 Å². The van der Waals surface area contributed by atoms with Crippen molar-refractivity contribution in [2.45, 2.75) is 59.0 Å². The van der Waals surface area contributed by atoms with Gasteiger partial charge in [-0.1, -0.05) is 13.8 Å². The number of rotatable bonds is 10. The van der Waals surface area contributed by atoms with Gasteiger partial charge in [0.05, 0.1) is 19.1 Å². The first-order valence-corrected chi connectivity index (χ1v) is 7.24. The van der Waals surface area contributed by atoms with Gasteiger partial charge in [0.15, 0.2) is 0 Å². The molecule has 0 aromatic rings. The zero-order chi connectivity index (χ0) is 15.6. The van der Waals surface area contributed by atoms with Gasteiger partial charge in [-0.3, -0.25) is 9.59 Å². The number of methoxy groups -OCH3 is 1. The molecule has 0 aliphatic rings. The zero-order valence-electron chi connectivity index (χ0n) is 13.5. The summed E-state index contributed by atoms with van der Waals surface area (Å²) in [6.45, 7) is 9.66. The summed E-state index contributed by atoms with van der Waals surface area (Å²) in [5.41, 5.74) is -0.246. The molecule has 0 heterocycles. The normalized spacial score (nSPS) is 11.5. The Labute approximate surface area is 122 Å². The summed E-state index contributed by atoms with van der Waals surface area (Å²) < 4.78 is 10.3. The Morgan fingerprint density at radius 2 is 1.85 bits per heavy atom. The first-order valence-electron chi connectivity index (χ1n) is 7.24. The van der Waals surface area contributed by atoms with Crippen molar-refractivity contribution in [1.29, 1.82) is 0 Å². The molecule has 1 amide bonds. The summed E-state index contributed by atoms with van der Waals surface area (Å²) in [5.74, 6) is 0.134. The summed E-state index contributed by atoms with van der Waals surface area (Å²) in [6.07, 6.45) is 2.07. The lowest BCUT2D eigenvalue weighted by molar-refractivity contribution is -0.142. The molecule has 0 rings (SSSR count). The smallest absolute Gasteiger partial charge is 0.306 e. The molecule has 0 bridgehead atoms. The number of ether oxygens (including phenoxy) is 2. The molecular formula is C15H29NO4. The molecule has 0 aromatic heterocycles. The largest absolute Gasteiger partial charge is 0.469 e. The van der Waals surface area contributed by atoms with Crippen molar-refractivity contribution in [2.75, 3.05) is 20.3 Å². The van der Waals surface area contributed by atoms with Crippen molar-refractivity contribution in [2.24, 2.45) is 5.92 Å². The Morgan fingerprint density at radius 1 is 1.20 bits per heavy atom. The fraction of sp³-hybridized carbons (Fsp3) is 0.867. The van der Waals surface area contributed by atoms with E-state index in [2.05, 4.69) is 23.9 Å². The van der Waals surface area contributed by atoms with Crippen LogP contribution >= 0.6 is 0 Å². The number of carbonyl (C=O) groups excluding carboxylic acids is 2. The van der Waals surface area contributed by atoms with Gasteiger partial charge in [-0.15, -0.1) is 0 Å². The molecule has 0 unspecified atom stereocenters. The van der Waals surface area contributed by atoms with Gasteiger partial charge in [-0.2, -0.15) is 0 Å². The second kappa shape index (κ2) is 9.75. The number of amides is 1. The van der Waals surface area contributed by atoms with Crippen LogP contribution in [0.1, 0.15) is 53.4 Å². The number of hydrogen-bond acceptors (Lipinski definition) is 4. The van der Waals surface area contributed by atoms with Crippen LogP contribution in [-0.4, -0.2) is 37.7 Å². The Kier molecular flexibility index (Phi) is 9.21. The summed E-state index contributed by atoms with van der Waals surface area (Å²) >= 11 is 0. The molecule has 0 aromatic carbocycles. The van der Waals surface area contributed by atoms with Crippen LogP contribution in [0.25, 0.3) is 0 Å². The highest BCUT2D eigenvalue weighted by Crippen LogP contribution is 2.15. The first-order chi connectivity index (χ1) is 9.26. The molecule has 0 spiro atoms. The highest BCUT2D eigenvalue weighted by atomic mass is 16.5. The number of nitrogens with one attached hydrogen (secondary N) is 1. The van der Waals surface area contributed by atoms with Crippen molar-refractivity contribution in [3.63, 3.8) is 0 Å². The van der Waals surface area contributed by atoms with Gasteiger partial charge in [0.1, 0.15) is 0 Å². The number of esters is 1. The molecular weight excluding hydrogens is 258 g/mol. The molecule has 5 heteroatoms. The van der Waals surface area contributed by atoms with Crippen LogP contribution in [0.15, 0.2) is 0 Å². The maximum Gasteiger partial charge on any atom is 0.306 e. The van der Waals surface area contributed by atoms with Crippen LogP contribution in [0.4, 0.5) is 0 Å². The molecule has 1 N–H and O–H groups in total. The fourth-order valence-electron chi connectivity index (χ4n) is 1.55. The van der Waals surface area contributed by atoms with Crippen LogP contribution in [0, 0.1) is 5.92 Å². The molecule has 20 heavy (non-hydrogen) atoms. The fourth-order valence-corrected chi connectivity index (χ4v) is 1.55. The van der Waals surface area contributed by atoms with Crippen molar-refractivity contribution in [1.82, 2.24) is 5.32 Å². The van der Waals surface area contributed by atoms with Gasteiger partial charge < -0.3 is 14.8 Å². The van der Waals surface area contributed by atoms with Crippen molar-refractivity contribution < 1.29 is 19.1 Å². The average molecular weight is 287 g/mol. The van der Waals surface area contributed by atoms with Crippen molar-refractivity contribution in [3.05, 3.63) is 0 Å². The Morgan fingerprint density at radius 3 is 2.40 bits per heavy atom. The molecule has 0 saturated carbocycles. The van der Waals surface area contributed by atoms with Gasteiger partial charge >= 0.3 is 5.97 Å². The molecule has 0 aliphatic heterocycles. The molecule has 0 atom stereocenters. The van der Waals surface area contributed by atoms with Gasteiger partial charge in [0.2, 0.25) is 5.91 Å². The molecule has 5 nitrogen and oxygen atoms in total. The maximum absolute atomic E-state index is 11.5. The van der Waals surface area contributed by atoms with E-state index < -0.39 is 0 Å². The van der Waals surface area contributed by atoms with Gasteiger partial charge in [-0.25, -0.2) is 0 Å². The third-order valence-electron chi connectivity index (χ3n) is 3.02. The van der Waals surface area contributed by atoms with E-state index in [4.69, 9.17) is 4.74 Å². The lowest BCUT2D eigenvalue weighted by Crippen LogP contribution is -2.33. The summed E-state index contributed by atoms with van der Waals surface area (Å²) in [7, 11) is 1.32. The molecule has 0 radical (unpaired) electrons. The summed E-state index contributed by atoms with van der Waals surface area (Å²) in [6, 6.07) is 0. The predicted octanol–water partition coefficient (Wildman–Crippen LogP) is 2.29. The minimum atomic E-state index is -0.363. The van der Waals surface area contributed by atoms with E-state index in [0.29, 0.717) is 12.5 Å². The van der Waals surface area contributed by atoms with E-state index >= 15 is 0 Å². The highest BCUT2D eigenvalue weighted by molar-refractivity contribution is 5.81. The Balaban J connectivity index is 3.75. The molecule has 0 saturated heterocycles. The van der Waals surface area contributed by atoms with Gasteiger partial charge in [-0.05, 0) is 32.6 Å². The zero-order valence-corrected chi connectivity index (χ0v) is 13.5. The monoisotopic (exact) mass is 287 g/mol. The topological polar surface area (TPSA) is 64.6 Å². The quantitative estimate of drug-likeness (QED) is 0.626. The average Bonchev–Trinajstić information content (AvgIpc) is 2.34. The number of hydrogen-bond donors (Lipinski definition) is 1. The minimum absolute atomic E-state index is 0.122. The van der Waals surface area contributed by atoms with E-state index in [0.717, 1.165) is 19.4 Å². The Bertz CT molecular complexity index is 300. The first kappa shape index (κ1) is 18.9. The van der Waals surface area contributed by atoms with E-state index in [-0.39, 0.29) is 30.3 Å². The molecule has 118 valence electrons. The van der Waals surface area contributed by atoms with Crippen LogP contribution < -0.4 is 5.32 Å². The third kappa shape index (κ3) is 10.8. The Hall–Kier alpha value is -1.10. The van der Waals surface area contributed by atoms with Crippen LogP contribution in [0.2, 0.25) is 0 Å². The van der Waals surface area contributed by atoms with Crippen molar-refractivity contribution in [3.8, 4) is 0 Å². The van der Waals surface area contributed by atoms with E-state index in [1.807, 2.05) is 13.8 Å². The summed E-state index contributed by atoms with van der Waals surface area (Å²) in [5, 5.41) is 2.79. The summed E-state index contributed by atoms with van der Waals surface area (Å²) in [4.78, 5) is 22.4. The van der Waals surface area contributed by atoms with E-state index in [1.54, 1.807) is 0 Å². The van der Waals surface area contributed by atoms with Gasteiger partial charge in [0.25, 0.3) is 0 Å². The second-order valence-corrected chi connectivity index (χ2v) is 5.97.